The first-order valence-electron chi connectivity index (χ1n) is 1.33. The number of hydrogen-bond acceptors (Lipinski definition) is 3. The second-order valence-corrected chi connectivity index (χ2v) is 1.74. The largest absolute Gasteiger partial charge is 0.445 e. The SMILES string of the molecule is C=COS(=O)(=O)O. The Morgan fingerprint density at radius 3 is 2.14 bits per heavy atom. The van der Waals surface area contributed by atoms with Gasteiger partial charge >= 0.3 is 10.4 Å². The monoisotopic (exact) mass is 124 g/mol. The fourth-order valence-corrected chi connectivity index (χ4v) is 0.258. The normalized spacial score (nSPS) is 10.4. The van der Waals surface area contributed by atoms with E-state index in [2.05, 4.69) is 10.8 Å². The van der Waals surface area contributed by atoms with Crippen molar-refractivity contribution in [2.45, 2.75) is 0 Å². The Kier molecular flexibility index (Phi) is 1.79. The summed E-state index contributed by atoms with van der Waals surface area (Å²) < 4.78 is 30.2. The van der Waals surface area contributed by atoms with Crippen molar-refractivity contribution in [3.63, 3.8) is 0 Å². The molecule has 0 fully saturated rings. The Labute approximate surface area is 41.4 Å². The maximum Gasteiger partial charge on any atom is 0.445 e. The second-order valence-electron chi connectivity index (χ2n) is 0.691. The molecule has 0 aliphatic heterocycles. The van der Waals surface area contributed by atoms with Gasteiger partial charge in [0.2, 0.25) is 0 Å². The summed E-state index contributed by atoms with van der Waals surface area (Å²) in [7, 11) is -4.29. The van der Waals surface area contributed by atoms with E-state index < -0.39 is 10.4 Å². The lowest BCUT2D eigenvalue weighted by atomic mass is 11.2. The molecule has 0 saturated carbocycles. The maximum absolute atomic E-state index is 9.49. The van der Waals surface area contributed by atoms with Gasteiger partial charge in [-0.1, -0.05) is 6.58 Å². The average molecular weight is 124 g/mol. The average Bonchev–Trinajstić information content (AvgIpc) is 1.30. The van der Waals surface area contributed by atoms with Crippen molar-refractivity contribution in [3.8, 4) is 0 Å². The van der Waals surface area contributed by atoms with Gasteiger partial charge in [0.05, 0.1) is 0 Å². The van der Waals surface area contributed by atoms with Gasteiger partial charge in [-0.05, 0) is 0 Å². The van der Waals surface area contributed by atoms with Crippen LogP contribution in [0.2, 0.25) is 0 Å². The van der Waals surface area contributed by atoms with Crippen LogP contribution in [0.25, 0.3) is 0 Å². The molecule has 0 spiro atoms. The van der Waals surface area contributed by atoms with Crippen molar-refractivity contribution in [3.05, 3.63) is 12.8 Å². The van der Waals surface area contributed by atoms with E-state index in [9.17, 15) is 8.42 Å². The quantitative estimate of drug-likeness (QED) is 0.414. The van der Waals surface area contributed by atoms with Crippen LogP contribution >= 0.6 is 0 Å². The molecular formula is C2H4O4S. The highest BCUT2D eigenvalue weighted by Gasteiger charge is 1.96. The first kappa shape index (κ1) is 6.45. The van der Waals surface area contributed by atoms with Gasteiger partial charge in [0.15, 0.2) is 0 Å². The van der Waals surface area contributed by atoms with Gasteiger partial charge in [-0.15, -0.1) is 0 Å². The molecule has 0 aliphatic carbocycles. The van der Waals surface area contributed by atoms with E-state index in [-0.39, 0.29) is 0 Å². The zero-order valence-corrected chi connectivity index (χ0v) is 4.18. The third-order valence-corrected chi connectivity index (χ3v) is 0.569. The van der Waals surface area contributed by atoms with Gasteiger partial charge in [0.1, 0.15) is 6.26 Å². The van der Waals surface area contributed by atoms with Crippen LogP contribution in [0.15, 0.2) is 12.8 Å². The van der Waals surface area contributed by atoms with Gasteiger partial charge in [0.25, 0.3) is 0 Å². The summed E-state index contributed by atoms with van der Waals surface area (Å²) in [6.45, 7) is 2.88. The van der Waals surface area contributed by atoms with Gasteiger partial charge in [-0.25, -0.2) is 0 Å². The summed E-state index contributed by atoms with van der Waals surface area (Å²) in [5, 5.41) is 0. The summed E-state index contributed by atoms with van der Waals surface area (Å²) >= 11 is 0. The number of hydrogen-bond donors (Lipinski definition) is 1. The first-order chi connectivity index (χ1) is 3.06. The fraction of sp³-hybridized carbons (Fsp3) is 0. The van der Waals surface area contributed by atoms with Gasteiger partial charge < -0.3 is 4.18 Å². The van der Waals surface area contributed by atoms with E-state index in [4.69, 9.17) is 4.55 Å². The van der Waals surface area contributed by atoms with Gasteiger partial charge in [-0.2, -0.15) is 8.42 Å². The molecule has 7 heavy (non-hydrogen) atoms. The Bertz CT molecular complexity index is 143. The van der Waals surface area contributed by atoms with E-state index in [1.165, 1.54) is 0 Å². The van der Waals surface area contributed by atoms with E-state index in [1.807, 2.05) is 0 Å². The van der Waals surface area contributed by atoms with Crippen molar-refractivity contribution in [2.24, 2.45) is 0 Å². The van der Waals surface area contributed by atoms with Gasteiger partial charge in [0, 0.05) is 0 Å². The first-order valence-corrected chi connectivity index (χ1v) is 2.69. The lowest BCUT2D eigenvalue weighted by Gasteiger charge is -1.86. The van der Waals surface area contributed by atoms with E-state index >= 15 is 0 Å². The third-order valence-electron chi connectivity index (χ3n) is 0.190. The highest BCUT2D eigenvalue weighted by Crippen LogP contribution is 1.82. The fourth-order valence-electron chi connectivity index (χ4n) is 0.0860. The predicted molar refractivity (Wildman–Crippen MR) is 22.8 cm³/mol. The summed E-state index contributed by atoms with van der Waals surface area (Å²) in [5.41, 5.74) is 0. The molecule has 0 unspecified atom stereocenters. The van der Waals surface area contributed by atoms with Crippen molar-refractivity contribution in [2.75, 3.05) is 0 Å². The molecule has 0 saturated heterocycles. The van der Waals surface area contributed by atoms with Crippen LogP contribution in [-0.2, 0) is 14.6 Å². The van der Waals surface area contributed by atoms with Crippen LogP contribution in [0.1, 0.15) is 0 Å². The van der Waals surface area contributed by atoms with Crippen LogP contribution in [0.5, 0.6) is 0 Å². The molecule has 1 N–H and O–H groups in total. The number of rotatable bonds is 2. The Morgan fingerprint density at radius 2 is 2.14 bits per heavy atom. The van der Waals surface area contributed by atoms with Crippen molar-refractivity contribution in [1.29, 1.82) is 0 Å². The third kappa shape index (κ3) is 5.45. The lowest BCUT2D eigenvalue weighted by molar-refractivity contribution is 0.357. The summed E-state index contributed by atoms with van der Waals surface area (Å²) in [5.74, 6) is 0. The molecule has 0 bridgehead atoms. The molecule has 42 valence electrons. The maximum atomic E-state index is 9.49. The van der Waals surface area contributed by atoms with Crippen LogP contribution in [0.3, 0.4) is 0 Å². The standard InChI is InChI=1S/C2H4O4S/c1-2-6-7(3,4)5/h2H,1H2,(H,3,4,5). The zero-order valence-electron chi connectivity index (χ0n) is 3.36. The minimum absolute atomic E-state index is 0.620. The highest BCUT2D eigenvalue weighted by atomic mass is 32.3. The molecule has 5 heteroatoms. The topological polar surface area (TPSA) is 63.6 Å². The van der Waals surface area contributed by atoms with Crippen LogP contribution < -0.4 is 0 Å². The Balaban J connectivity index is 3.84. The van der Waals surface area contributed by atoms with Crippen LogP contribution in [0, 0.1) is 0 Å². The van der Waals surface area contributed by atoms with Crippen LogP contribution in [-0.4, -0.2) is 13.0 Å². The predicted octanol–water partition coefficient (Wildman–Crippen LogP) is -0.0507. The lowest BCUT2D eigenvalue weighted by Crippen LogP contribution is -1.96. The smallest absolute Gasteiger partial charge is 0.370 e. The molecular weight excluding hydrogens is 120 g/mol. The molecule has 0 aromatic rings. The molecule has 0 aromatic heterocycles. The second kappa shape index (κ2) is 1.94. The summed E-state index contributed by atoms with van der Waals surface area (Å²) in [4.78, 5) is 0. The van der Waals surface area contributed by atoms with Crippen molar-refractivity contribution < 1.29 is 17.2 Å². The zero-order chi connectivity index (χ0) is 5.91. The molecule has 0 aromatic carbocycles. The minimum Gasteiger partial charge on any atom is -0.370 e. The molecule has 0 amide bonds. The van der Waals surface area contributed by atoms with Crippen molar-refractivity contribution in [1.82, 2.24) is 0 Å². The summed E-state index contributed by atoms with van der Waals surface area (Å²) in [6, 6.07) is 0. The van der Waals surface area contributed by atoms with E-state index in [1.54, 1.807) is 0 Å². The van der Waals surface area contributed by atoms with E-state index in [0.717, 1.165) is 0 Å². The Hall–Kier alpha value is -0.550. The molecule has 0 radical (unpaired) electrons. The van der Waals surface area contributed by atoms with Crippen LogP contribution in [0.4, 0.5) is 0 Å². The minimum atomic E-state index is -4.29. The molecule has 0 rings (SSSR count). The molecule has 0 atom stereocenters. The Morgan fingerprint density at radius 1 is 1.71 bits per heavy atom. The highest BCUT2D eigenvalue weighted by molar-refractivity contribution is 7.81. The molecule has 4 nitrogen and oxygen atoms in total. The van der Waals surface area contributed by atoms with Crippen molar-refractivity contribution >= 4 is 10.4 Å². The van der Waals surface area contributed by atoms with Gasteiger partial charge in [-0.3, -0.25) is 4.55 Å². The van der Waals surface area contributed by atoms with E-state index in [0.29, 0.717) is 6.26 Å². The summed E-state index contributed by atoms with van der Waals surface area (Å²) in [6.07, 6.45) is 0.620. The molecule has 0 aliphatic rings. The molecule has 0 heterocycles.